The van der Waals surface area contributed by atoms with Gasteiger partial charge in [-0.1, -0.05) is 12.1 Å². The van der Waals surface area contributed by atoms with Crippen LogP contribution in [0, 0.1) is 13.8 Å². The molecule has 0 aromatic heterocycles. The summed E-state index contributed by atoms with van der Waals surface area (Å²) in [5.74, 6) is 0. The predicted molar refractivity (Wildman–Crippen MR) is 87.9 cm³/mol. The molecule has 22 heavy (non-hydrogen) atoms. The Morgan fingerprint density at radius 1 is 1.27 bits per heavy atom. The Labute approximate surface area is 133 Å². The topological polar surface area (TPSA) is 87.5 Å². The van der Waals surface area contributed by atoms with E-state index in [9.17, 15) is 8.42 Å². The van der Waals surface area contributed by atoms with Crippen LogP contribution in [0.3, 0.4) is 0 Å². The molecule has 0 radical (unpaired) electrons. The van der Waals surface area contributed by atoms with Gasteiger partial charge in [-0.15, -0.1) is 0 Å². The molecule has 1 aromatic rings. The Kier molecular flexibility index (Phi) is 5.94. The van der Waals surface area contributed by atoms with E-state index in [4.69, 9.17) is 5.73 Å². The molecule has 0 unspecified atom stereocenters. The number of nitrogens with one attached hydrogen (secondary N) is 2. The van der Waals surface area contributed by atoms with E-state index in [0.717, 1.165) is 30.6 Å². The molecule has 1 aliphatic rings. The molecule has 6 nitrogen and oxygen atoms in total. The third kappa shape index (κ3) is 3.67. The second-order valence-corrected chi connectivity index (χ2v) is 7.48. The smallest absolute Gasteiger partial charge is 0.245 e. The largest absolute Gasteiger partial charge is 0.330 e. The van der Waals surface area contributed by atoms with E-state index in [2.05, 4.69) is 10.6 Å². The maximum Gasteiger partial charge on any atom is 0.245 e. The van der Waals surface area contributed by atoms with E-state index in [1.54, 1.807) is 12.1 Å². The second kappa shape index (κ2) is 7.52. The van der Waals surface area contributed by atoms with Gasteiger partial charge in [0.2, 0.25) is 10.0 Å². The van der Waals surface area contributed by atoms with Gasteiger partial charge >= 0.3 is 0 Å². The maximum absolute atomic E-state index is 13.1. The van der Waals surface area contributed by atoms with Crippen LogP contribution < -0.4 is 16.4 Å². The maximum atomic E-state index is 13.1. The molecule has 124 valence electrons. The molecule has 0 saturated carbocycles. The third-order valence-corrected chi connectivity index (χ3v) is 6.05. The molecule has 0 spiro atoms. The molecular formula is C15H26N4O2S. The zero-order chi connectivity index (χ0) is 16.2. The lowest BCUT2D eigenvalue weighted by Gasteiger charge is -2.35. The first kappa shape index (κ1) is 17.4. The van der Waals surface area contributed by atoms with E-state index >= 15 is 0 Å². The molecular weight excluding hydrogens is 300 g/mol. The quantitative estimate of drug-likeness (QED) is 0.709. The van der Waals surface area contributed by atoms with Crippen LogP contribution in [-0.4, -0.2) is 45.2 Å². The van der Waals surface area contributed by atoms with Gasteiger partial charge in [0.15, 0.2) is 0 Å². The van der Waals surface area contributed by atoms with Gasteiger partial charge in [0.1, 0.15) is 6.29 Å². The number of sulfonamides is 1. The molecule has 7 heteroatoms. The van der Waals surface area contributed by atoms with Gasteiger partial charge in [-0.3, -0.25) is 10.6 Å². The normalized spacial score (nSPS) is 17.1. The van der Waals surface area contributed by atoms with Gasteiger partial charge < -0.3 is 5.73 Å². The summed E-state index contributed by atoms with van der Waals surface area (Å²) in [6.07, 6.45) is 1.25. The lowest BCUT2D eigenvalue weighted by Crippen LogP contribution is -2.60. The van der Waals surface area contributed by atoms with Crippen molar-refractivity contribution in [2.45, 2.75) is 37.9 Å². The molecule has 1 aliphatic heterocycles. The third-order valence-electron chi connectivity index (χ3n) is 4.04. The summed E-state index contributed by atoms with van der Waals surface area (Å²) in [5.41, 5.74) is 7.36. The van der Waals surface area contributed by atoms with Crippen molar-refractivity contribution in [3.05, 3.63) is 29.3 Å². The van der Waals surface area contributed by atoms with Gasteiger partial charge in [0.25, 0.3) is 0 Å². The Balaban J connectivity index is 2.37. The summed E-state index contributed by atoms with van der Waals surface area (Å²) in [7, 11) is -3.57. The van der Waals surface area contributed by atoms with E-state index < -0.39 is 10.0 Å². The molecule has 1 heterocycles. The number of nitrogens with two attached hydrogens (primary N) is 1. The van der Waals surface area contributed by atoms with Crippen molar-refractivity contribution in [3.63, 3.8) is 0 Å². The van der Waals surface area contributed by atoms with E-state index in [1.807, 2.05) is 19.9 Å². The Bertz CT molecular complexity index is 598. The highest BCUT2D eigenvalue weighted by Crippen LogP contribution is 2.23. The van der Waals surface area contributed by atoms with Crippen molar-refractivity contribution in [3.8, 4) is 0 Å². The van der Waals surface area contributed by atoms with Crippen LogP contribution in [0.2, 0.25) is 0 Å². The minimum absolute atomic E-state index is 0.370. The highest BCUT2D eigenvalue weighted by Gasteiger charge is 2.32. The van der Waals surface area contributed by atoms with Gasteiger partial charge in [0, 0.05) is 6.54 Å². The average molecular weight is 326 g/mol. The summed E-state index contributed by atoms with van der Waals surface area (Å²) in [6, 6.07) is 5.39. The molecule has 0 amide bonds. The number of hydrogen-bond donors (Lipinski definition) is 3. The number of rotatable bonds is 6. The molecule has 4 N–H and O–H groups in total. The van der Waals surface area contributed by atoms with Crippen LogP contribution >= 0.6 is 0 Å². The van der Waals surface area contributed by atoms with Gasteiger partial charge in [-0.2, -0.15) is 4.31 Å². The Morgan fingerprint density at radius 2 is 1.95 bits per heavy atom. The van der Waals surface area contributed by atoms with Gasteiger partial charge in [0.05, 0.1) is 4.90 Å². The molecule has 1 saturated heterocycles. The highest BCUT2D eigenvalue weighted by atomic mass is 32.2. The first-order chi connectivity index (χ1) is 10.5. The van der Waals surface area contributed by atoms with Crippen LogP contribution in [0.4, 0.5) is 0 Å². The number of aryl methyl sites for hydroxylation is 1. The number of hydrogen-bond acceptors (Lipinski definition) is 5. The van der Waals surface area contributed by atoms with Crippen molar-refractivity contribution in [2.75, 3.05) is 26.2 Å². The van der Waals surface area contributed by atoms with Gasteiger partial charge in [-0.25, -0.2) is 8.42 Å². The SMILES string of the molecule is Cc1cccc(S(=O)(=O)N(CCCN)C2NCCCN2)c1C. The first-order valence-corrected chi connectivity index (χ1v) is 9.17. The molecule has 0 bridgehead atoms. The minimum Gasteiger partial charge on any atom is -0.330 e. The Morgan fingerprint density at radius 3 is 2.59 bits per heavy atom. The van der Waals surface area contributed by atoms with Crippen molar-refractivity contribution >= 4 is 10.0 Å². The standard InChI is InChI=1S/C15H26N4O2S/c1-12-6-3-7-14(13(12)2)22(20,21)19(11-4-8-16)15-17-9-5-10-18-15/h3,6-7,15,17-18H,4-5,8-11,16H2,1-2H3. The molecule has 2 rings (SSSR count). The summed E-state index contributed by atoms with van der Waals surface area (Å²) >= 11 is 0. The lowest BCUT2D eigenvalue weighted by atomic mass is 10.1. The van der Waals surface area contributed by atoms with Crippen LogP contribution in [-0.2, 0) is 10.0 Å². The van der Waals surface area contributed by atoms with E-state index in [-0.39, 0.29) is 6.29 Å². The Hall–Kier alpha value is -0.990. The minimum atomic E-state index is -3.57. The van der Waals surface area contributed by atoms with E-state index in [1.165, 1.54) is 4.31 Å². The fraction of sp³-hybridized carbons (Fsp3) is 0.600. The monoisotopic (exact) mass is 326 g/mol. The van der Waals surface area contributed by atoms with Crippen molar-refractivity contribution in [2.24, 2.45) is 5.73 Å². The summed E-state index contributed by atoms with van der Waals surface area (Å²) in [5, 5.41) is 6.47. The second-order valence-electron chi connectivity index (χ2n) is 5.62. The van der Waals surface area contributed by atoms with Crippen molar-refractivity contribution < 1.29 is 8.42 Å². The number of benzene rings is 1. The summed E-state index contributed by atoms with van der Waals surface area (Å²) < 4.78 is 27.7. The predicted octanol–water partition coefficient (Wildman–Crippen LogP) is 0.509. The van der Waals surface area contributed by atoms with Crippen LogP contribution in [0.5, 0.6) is 0 Å². The van der Waals surface area contributed by atoms with Crippen LogP contribution in [0.15, 0.2) is 23.1 Å². The average Bonchev–Trinajstić information content (AvgIpc) is 2.51. The van der Waals surface area contributed by atoms with E-state index in [0.29, 0.717) is 24.4 Å². The molecule has 0 atom stereocenters. The summed E-state index contributed by atoms with van der Waals surface area (Å²) in [4.78, 5) is 0.374. The zero-order valence-electron chi connectivity index (χ0n) is 13.3. The number of nitrogens with zero attached hydrogens (tertiary/aromatic N) is 1. The first-order valence-electron chi connectivity index (χ1n) is 7.73. The van der Waals surface area contributed by atoms with Crippen molar-refractivity contribution in [1.29, 1.82) is 0 Å². The molecule has 1 aromatic carbocycles. The summed E-state index contributed by atoms with van der Waals surface area (Å²) in [6.45, 7) is 6.25. The highest BCUT2D eigenvalue weighted by molar-refractivity contribution is 7.89. The zero-order valence-corrected chi connectivity index (χ0v) is 14.1. The van der Waals surface area contributed by atoms with Crippen LogP contribution in [0.1, 0.15) is 24.0 Å². The molecule has 0 aliphatic carbocycles. The fourth-order valence-corrected chi connectivity index (χ4v) is 4.45. The van der Waals surface area contributed by atoms with Gasteiger partial charge in [-0.05, 0) is 63.5 Å². The van der Waals surface area contributed by atoms with Crippen LogP contribution in [0.25, 0.3) is 0 Å². The fourth-order valence-electron chi connectivity index (χ4n) is 2.61. The van der Waals surface area contributed by atoms with Crippen molar-refractivity contribution in [1.82, 2.24) is 14.9 Å². The molecule has 1 fully saturated rings. The lowest BCUT2D eigenvalue weighted by molar-refractivity contribution is 0.205.